The third-order valence-corrected chi connectivity index (χ3v) is 9.09. The molecule has 1 aromatic heterocycles. The van der Waals surface area contributed by atoms with Gasteiger partial charge in [0, 0.05) is 60.5 Å². The number of amides is 2. The van der Waals surface area contributed by atoms with Gasteiger partial charge in [0.05, 0.1) is 34.1 Å². The molecule has 2 N–H and O–H groups in total. The summed E-state index contributed by atoms with van der Waals surface area (Å²) in [6, 6.07) is 22.9. The second-order valence-corrected chi connectivity index (χ2v) is 12.1. The number of nitro groups is 1. The second kappa shape index (κ2) is 12.1. The Morgan fingerprint density at radius 3 is 2.60 bits per heavy atom. The molecule has 0 radical (unpaired) electrons. The van der Waals surface area contributed by atoms with Crippen LogP contribution in [0.4, 0.5) is 22.7 Å². The van der Waals surface area contributed by atoms with Gasteiger partial charge in [0.1, 0.15) is 0 Å². The highest BCUT2D eigenvalue weighted by atomic mass is 16.6. The minimum atomic E-state index is -2.06. The molecule has 0 saturated heterocycles. The van der Waals surface area contributed by atoms with Gasteiger partial charge in [-0.25, -0.2) is 0 Å². The van der Waals surface area contributed by atoms with Crippen LogP contribution in [0.3, 0.4) is 0 Å². The Labute approximate surface area is 275 Å². The van der Waals surface area contributed by atoms with Crippen molar-refractivity contribution >= 4 is 45.3 Å². The molecule has 7 rings (SSSR count). The van der Waals surface area contributed by atoms with Gasteiger partial charge in [-0.15, -0.1) is 5.10 Å². The van der Waals surface area contributed by atoms with E-state index in [-0.39, 0.29) is 30.3 Å². The van der Waals surface area contributed by atoms with Crippen molar-refractivity contribution in [1.82, 2.24) is 15.0 Å². The summed E-state index contributed by atoms with van der Waals surface area (Å²) in [5.74, 6) is -1.47. The summed E-state index contributed by atoms with van der Waals surface area (Å²) >= 11 is 0. The maximum atomic E-state index is 14.2. The highest BCUT2D eigenvalue weighted by Crippen LogP contribution is 2.47. The standard InChI is InChI=1S/C36H32N6O6/c1-23(7-2-3-17-39-22-26(16-18-43)37-38-39)36(46)30-20-28(42(47)48)14-15-31(30)40(35(36)45)21-24-8-4-11-27(19-24)41-32-13-6-10-25-9-5-12-29(33(25)32)34(41)44/h2,4-15,19-20,22-23,43,46H,3,16-18,21H2,1H3/b7-2+/t23-,36+/m1/s1. The highest BCUT2D eigenvalue weighted by Gasteiger charge is 2.53. The predicted molar refractivity (Wildman–Crippen MR) is 179 cm³/mol. The van der Waals surface area contributed by atoms with Gasteiger partial charge >= 0.3 is 0 Å². The number of nitro benzene ring substituents is 1. The maximum absolute atomic E-state index is 14.2. The molecule has 2 aliphatic rings. The van der Waals surface area contributed by atoms with Crippen molar-refractivity contribution in [2.45, 2.75) is 38.5 Å². The molecule has 242 valence electrons. The van der Waals surface area contributed by atoms with E-state index in [1.807, 2.05) is 66.7 Å². The van der Waals surface area contributed by atoms with Gasteiger partial charge in [0.25, 0.3) is 17.5 Å². The van der Waals surface area contributed by atoms with E-state index >= 15 is 0 Å². The number of carbonyl (C=O) groups is 2. The summed E-state index contributed by atoms with van der Waals surface area (Å²) in [5.41, 5.74) is 1.69. The molecule has 4 aromatic carbocycles. The van der Waals surface area contributed by atoms with Gasteiger partial charge in [0.15, 0.2) is 5.60 Å². The number of benzene rings is 4. The Kier molecular flexibility index (Phi) is 7.82. The Hall–Kier alpha value is -5.72. The molecule has 2 amide bonds. The van der Waals surface area contributed by atoms with Crippen molar-refractivity contribution < 1.29 is 24.7 Å². The van der Waals surface area contributed by atoms with Gasteiger partial charge in [0.2, 0.25) is 0 Å². The first-order valence-electron chi connectivity index (χ1n) is 15.7. The highest BCUT2D eigenvalue weighted by molar-refractivity contribution is 6.27. The number of hydrogen-bond donors (Lipinski definition) is 2. The lowest BCUT2D eigenvalue weighted by Crippen LogP contribution is -2.44. The number of aliphatic hydroxyl groups is 2. The number of allylic oxidation sites excluding steroid dienone is 1. The van der Waals surface area contributed by atoms with E-state index in [2.05, 4.69) is 10.3 Å². The molecular formula is C36H32N6O6. The van der Waals surface area contributed by atoms with Crippen LogP contribution in [0.2, 0.25) is 0 Å². The Morgan fingerprint density at radius 2 is 1.81 bits per heavy atom. The van der Waals surface area contributed by atoms with Gasteiger partial charge in [-0.2, -0.15) is 0 Å². The molecule has 2 aliphatic heterocycles. The van der Waals surface area contributed by atoms with Gasteiger partial charge in [-0.05, 0) is 47.7 Å². The fourth-order valence-corrected chi connectivity index (χ4v) is 6.68. The molecule has 2 atom stereocenters. The topological polar surface area (TPSA) is 155 Å². The number of aliphatic hydroxyl groups excluding tert-OH is 1. The number of anilines is 3. The van der Waals surface area contributed by atoms with E-state index in [1.165, 1.54) is 23.1 Å². The Balaban J connectivity index is 1.16. The SMILES string of the molecule is C[C@H](/C=C/CCn1cc(CCO)nn1)[C@@]1(O)C(=O)N(Cc2cccc(N3C(=O)c4cccc5cccc3c45)c2)c2ccc([N+](=O)[O-])cc21. The van der Waals surface area contributed by atoms with Crippen LogP contribution < -0.4 is 9.80 Å². The van der Waals surface area contributed by atoms with Crippen LogP contribution in [0.25, 0.3) is 10.8 Å². The average Bonchev–Trinajstić information content (AvgIpc) is 3.72. The summed E-state index contributed by atoms with van der Waals surface area (Å²) in [6.07, 6.45) is 6.26. The van der Waals surface area contributed by atoms with Crippen LogP contribution in [0.15, 0.2) is 97.2 Å². The van der Waals surface area contributed by atoms with E-state index in [4.69, 9.17) is 5.11 Å². The zero-order chi connectivity index (χ0) is 33.6. The molecule has 0 bridgehead atoms. The number of carbonyl (C=O) groups excluding carboxylic acids is 2. The zero-order valence-electron chi connectivity index (χ0n) is 26.1. The van der Waals surface area contributed by atoms with E-state index in [9.17, 15) is 24.8 Å². The average molecular weight is 645 g/mol. The fraction of sp³-hybridized carbons (Fsp3) is 0.222. The van der Waals surface area contributed by atoms with Crippen molar-refractivity contribution in [1.29, 1.82) is 0 Å². The largest absolute Gasteiger partial charge is 0.396 e. The normalized spacial score (nSPS) is 17.6. The summed E-state index contributed by atoms with van der Waals surface area (Å²) < 4.78 is 1.65. The quantitative estimate of drug-likeness (QED) is 0.113. The van der Waals surface area contributed by atoms with E-state index < -0.39 is 22.3 Å². The lowest BCUT2D eigenvalue weighted by atomic mass is 9.82. The molecule has 0 spiro atoms. The van der Waals surface area contributed by atoms with Crippen LogP contribution in [0.5, 0.6) is 0 Å². The summed E-state index contributed by atoms with van der Waals surface area (Å²) in [5, 5.41) is 42.8. The molecule has 5 aromatic rings. The van der Waals surface area contributed by atoms with Crippen LogP contribution in [-0.2, 0) is 29.9 Å². The van der Waals surface area contributed by atoms with Gasteiger partial charge in [-0.1, -0.05) is 60.7 Å². The second-order valence-electron chi connectivity index (χ2n) is 12.1. The van der Waals surface area contributed by atoms with Crippen LogP contribution in [-0.4, -0.2) is 48.6 Å². The molecule has 12 heteroatoms. The van der Waals surface area contributed by atoms with Crippen LogP contribution >= 0.6 is 0 Å². The first-order chi connectivity index (χ1) is 23.2. The first-order valence-corrected chi connectivity index (χ1v) is 15.7. The molecule has 0 unspecified atom stereocenters. The number of fused-ring (bicyclic) bond motifs is 1. The van der Waals surface area contributed by atoms with Crippen molar-refractivity contribution in [3.8, 4) is 0 Å². The number of rotatable bonds is 11. The van der Waals surface area contributed by atoms with Gasteiger partial charge in [-0.3, -0.25) is 29.3 Å². The number of non-ortho nitro benzene ring substituents is 1. The molecule has 0 fully saturated rings. The maximum Gasteiger partial charge on any atom is 0.269 e. The molecule has 0 saturated carbocycles. The lowest BCUT2D eigenvalue weighted by Gasteiger charge is -2.27. The lowest BCUT2D eigenvalue weighted by molar-refractivity contribution is -0.385. The third kappa shape index (κ3) is 5.11. The molecular weight excluding hydrogens is 612 g/mol. The predicted octanol–water partition coefficient (Wildman–Crippen LogP) is 5.18. The van der Waals surface area contributed by atoms with E-state index in [0.717, 1.165) is 16.5 Å². The van der Waals surface area contributed by atoms with Crippen molar-refractivity contribution in [3.05, 3.63) is 130 Å². The Morgan fingerprint density at radius 1 is 1.02 bits per heavy atom. The molecule has 3 heterocycles. The third-order valence-electron chi connectivity index (χ3n) is 9.09. The van der Waals surface area contributed by atoms with Crippen molar-refractivity contribution in [2.24, 2.45) is 5.92 Å². The minimum Gasteiger partial charge on any atom is -0.396 e. The molecule has 12 nitrogen and oxygen atoms in total. The van der Waals surface area contributed by atoms with E-state index in [1.54, 1.807) is 28.8 Å². The van der Waals surface area contributed by atoms with Crippen LogP contribution in [0.1, 0.15) is 40.5 Å². The Bertz CT molecular complexity index is 2120. The number of nitrogens with zero attached hydrogens (tertiary/aromatic N) is 6. The van der Waals surface area contributed by atoms with E-state index in [0.29, 0.717) is 47.6 Å². The summed E-state index contributed by atoms with van der Waals surface area (Å²) in [6.45, 7) is 2.25. The summed E-state index contributed by atoms with van der Waals surface area (Å²) in [4.78, 5) is 42.0. The summed E-state index contributed by atoms with van der Waals surface area (Å²) in [7, 11) is 0. The zero-order valence-corrected chi connectivity index (χ0v) is 26.1. The number of aryl methyl sites for hydroxylation is 1. The fourth-order valence-electron chi connectivity index (χ4n) is 6.68. The smallest absolute Gasteiger partial charge is 0.269 e. The molecule has 0 aliphatic carbocycles. The van der Waals surface area contributed by atoms with Crippen molar-refractivity contribution in [2.75, 3.05) is 16.4 Å². The van der Waals surface area contributed by atoms with Crippen molar-refractivity contribution in [3.63, 3.8) is 0 Å². The number of aromatic nitrogens is 3. The van der Waals surface area contributed by atoms with Crippen LogP contribution in [0, 0.1) is 16.0 Å². The molecule has 48 heavy (non-hydrogen) atoms. The first kappa shape index (κ1) is 30.9. The van der Waals surface area contributed by atoms with Gasteiger partial charge < -0.3 is 15.1 Å². The minimum absolute atomic E-state index is 0.0193. The number of hydrogen-bond acceptors (Lipinski definition) is 8. The monoisotopic (exact) mass is 644 g/mol.